The van der Waals surface area contributed by atoms with Gasteiger partial charge in [-0.15, -0.1) is 0 Å². The van der Waals surface area contributed by atoms with Gasteiger partial charge in [0.1, 0.15) is 11.9 Å². The monoisotopic (exact) mass is 427 g/mol. The Morgan fingerprint density at radius 1 is 1.20 bits per heavy atom. The zero-order chi connectivity index (χ0) is 21.3. The number of hydrogen-bond donors (Lipinski definition) is 4. The molecule has 0 bridgehead atoms. The summed E-state index contributed by atoms with van der Waals surface area (Å²) in [6.45, 7) is 0.304. The van der Waals surface area contributed by atoms with Gasteiger partial charge in [0, 0.05) is 17.8 Å². The summed E-state index contributed by atoms with van der Waals surface area (Å²) in [5.74, 6) is -0.0602. The van der Waals surface area contributed by atoms with Crippen molar-refractivity contribution in [1.82, 2.24) is 10.6 Å². The fourth-order valence-electron chi connectivity index (χ4n) is 4.39. The van der Waals surface area contributed by atoms with Crippen LogP contribution in [0.4, 0.5) is 5.69 Å². The molecular formula is C22H25N3O4S. The van der Waals surface area contributed by atoms with Crippen LogP contribution in [-0.2, 0) is 11.3 Å². The number of ether oxygens (including phenoxy) is 1. The van der Waals surface area contributed by atoms with E-state index in [1.807, 2.05) is 59.5 Å². The fraction of sp³-hybridized carbons (Fsp3) is 0.364. The van der Waals surface area contributed by atoms with Crippen LogP contribution in [-0.4, -0.2) is 52.6 Å². The molecule has 4 rings (SSSR count). The second kappa shape index (κ2) is 8.59. The first-order chi connectivity index (χ1) is 14.5. The number of nitrogens with one attached hydrogen (secondary N) is 2. The number of rotatable bonds is 5. The third-order valence-corrected chi connectivity index (χ3v) is 6.18. The molecule has 8 heteroatoms. The highest BCUT2D eigenvalue weighted by Crippen LogP contribution is 2.36. The van der Waals surface area contributed by atoms with Crippen molar-refractivity contribution in [3.05, 3.63) is 60.2 Å². The first-order valence-corrected chi connectivity index (χ1v) is 10.3. The van der Waals surface area contributed by atoms with Crippen molar-refractivity contribution in [2.24, 2.45) is 5.92 Å². The number of aliphatic hydroxyl groups excluding tert-OH is 2. The average molecular weight is 428 g/mol. The SMILES string of the molecule is COc1ccccc1CNC(=O)[C@@H]1C[C@@H](O)[C@H](O)[C@@H]2NC(=S)N(c3ccccc3)[C@@H]21. The number of carbonyl (C=O) groups is 1. The minimum absolute atomic E-state index is 0.147. The number of thiocarbonyl (C=S) groups is 1. The van der Waals surface area contributed by atoms with Gasteiger partial charge in [-0.3, -0.25) is 4.79 Å². The van der Waals surface area contributed by atoms with E-state index in [-0.39, 0.29) is 12.3 Å². The zero-order valence-electron chi connectivity index (χ0n) is 16.6. The van der Waals surface area contributed by atoms with Crippen LogP contribution in [0.2, 0.25) is 0 Å². The lowest BCUT2D eigenvalue weighted by molar-refractivity contribution is -0.131. The molecule has 1 aliphatic carbocycles. The van der Waals surface area contributed by atoms with Crippen LogP contribution >= 0.6 is 12.2 Å². The minimum atomic E-state index is -1.01. The van der Waals surface area contributed by atoms with E-state index in [0.29, 0.717) is 17.4 Å². The number of amides is 1. The van der Waals surface area contributed by atoms with E-state index in [9.17, 15) is 15.0 Å². The quantitative estimate of drug-likeness (QED) is 0.533. The van der Waals surface area contributed by atoms with Gasteiger partial charge in [-0.25, -0.2) is 0 Å². The van der Waals surface area contributed by atoms with Crippen molar-refractivity contribution in [1.29, 1.82) is 0 Å². The van der Waals surface area contributed by atoms with Crippen LogP contribution in [0.15, 0.2) is 54.6 Å². The van der Waals surface area contributed by atoms with Crippen molar-refractivity contribution in [3.63, 3.8) is 0 Å². The molecule has 0 radical (unpaired) electrons. The van der Waals surface area contributed by atoms with E-state index in [4.69, 9.17) is 17.0 Å². The highest BCUT2D eigenvalue weighted by Gasteiger charge is 2.53. The van der Waals surface area contributed by atoms with Crippen molar-refractivity contribution in [3.8, 4) is 5.75 Å². The third kappa shape index (κ3) is 3.74. The molecule has 158 valence electrons. The number of benzene rings is 2. The van der Waals surface area contributed by atoms with Gasteiger partial charge in [-0.2, -0.15) is 0 Å². The molecule has 1 aliphatic heterocycles. The molecule has 2 fully saturated rings. The van der Waals surface area contributed by atoms with Gasteiger partial charge in [0.25, 0.3) is 0 Å². The van der Waals surface area contributed by atoms with Gasteiger partial charge >= 0.3 is 0 Å². The second-order valence-electron chi connectivity index (χ2n) is 7.60. The summed E-state index contributed by atoms with van der Waals surface area (Å²) in [5.41, 5.74) is 1.70. The number of anilines is 1. The van der Waals surface area contributed by atoms with Crippen LogP contribution in [0.5, 0.6) is 5.75 Å². The lowest BCUT2D eigenvalue weighted by Gasteiger charge is -2.41. The van der Waals surface area contributed by atoms with Crippen molar-refractivity contribution in [2.45, 2.75) is 37.3 Å². The van der Waals surface area contributed by atoms with Crippen molar-refractivity contribution >= 4 is 28.9 Å². The molecule has 0 spiro atoms. The normalized spacial score (nSPS) is 27.9. The molecule has 0 unspecified atom stereocenters. The Hall–Kier alpha value is -2.68. The zero-order valence-corrected chi connectivity index (χ0v) is 17.4. The number of nitrogens with zero attached hydrogens (tertiary/aromatic N) is 1. The summed E-state index contributed by atoms with van der Waals surface area (Å²) in [6, 6.07) is 16.1. The smallest absolute Gasteiger partial charge is 0.225 e. The van der Waals surface area contributed by atoms with E-state index in [2.05, 4.69) is 10.6 Å². The maximum absolute atomic E-state index is 13.2. The number of methoxy groups -OCH3 is 1. The Morgan fingerprint density at radius 2 is 1.90 bits per heavy atom. The molecule has 7 nitrogen and oxygen atoms in total. The van der Waals surface area contributed by atoms with Crippen LogP contribution in [0.25, 0.3) is 0 Å². The molecule has 30 heavy (non-hydrogen) atoms. The maximum Gasteiger partial charge on any atom is 0.225 e. The topological polar surface area (TPSA) is 94.1 Å². The van der Waals surface area contributed by atoms with E-state index >= 15 is 0 Å². The Morgan fingerprint density at radius 3 is 2.63 bits per heavy atom. The minimum Gasteiger partial charge on any atom is -0.496 e. The largest absolute Gasteiger partial charge is 0.496 e. The molecule has 4 N–H and O–H groups in total. The lowest BCUT2D eigenvalue weighted by Crippen LogP contribution is -2.60. The molecule has 2 aliphatic rings. The number of para-hydroxylation sites is 2. The van der Waals surface area contributed by atoms with Crippen LogP contribution in [0.1, 0.15) is 12.0 Å². The first kappa shape index (κ1) is 20.6. The molecule has 1 saturated heterocycles. The molecule has 5 atom stereocenters. The molecule has 1 heterocycles. The standard InChI is InChI=1S/C22H25N3O4S/c1-29-17-10-6-5-7-13(17)12-23-21(28)15-11-16(26)20(27)18-19(15)25(22(30)24-18)14-8-3-2-4-9-14/h2-10,15-16,18-20,26-27H,11-12H2,1H3,(H,23,28)(H,24,30)/t15-,16-,18-,19-,20+/m1/s1. The second-order valence-corrected chi connectivity index (χ2v) is 7.99. The average Bonchev–Trinajstić information content (AvgIpc) is 3.12. The van der Waals surface area contributed by atoms with Gasteiger partial charge in [0.2, 0.25) is 5.91 Å². The van der Waals surface area contributed by atoms with E-state index in [0.717, 1.165) is 11.3 Å². The number of fused-ring (bicyclic) bond motifs is 1. The maximum atomic E-state index is 13.2. The van der Waals surface area contributed by atoms with Gasteiger partial charge in [0.15, 0.2) is 5.11 Å². The van der Waals surface area contributed by atoms with Crippen molar-refractivity contribution < 1.29 is 19.7 Å². The molecule has 2 aromatic rings. The summed E-state index contributed by atoms with van der Waals surface area (Å²) in [6.07, 6.45) is -1.88. The highest BCUT2D eigenvalue weighted by molar-refractivity contribution is 7.80. The Kier molecular flexibility index (Phi) is 5.90. The Bertz CT molecular complexity index is 926. The van der Waals surface area contributed by atoms with E-state index in [1.54, 1.807) is 7.11 Å². The van der Waals surface area contributed by atoms with E-state index in [1.165, 1.54) is 0 Å². The van der Waals surface area contributed by atoms with Crippen LogP contribution in [0.3, 0.4) is 0 Å². The van der Waals surface area contributed by atoms with Gasteiger partial charge in [-0.1, -0.05) is 36.4 Å². The highest BCUT2D eigenvalue weighted by atomic mass is 32.1. The number of aliphatic hydroxyl groups is 2. The molecular weight excluding hydrogens is 402 g/mol. The summed E-state index contributed by atoms with van der Waals surface area (Å²) in [4.78, 5) is 15.1. The summed E-state index contributed by atoms with van der Waals surface area (Å²) < 4.78 is 5.35. The summed E-state index contributed by atoms with van der Waals surface area (Å²) >= 11 is 5.52. The fourth-order valence-corrected chi connectivity index (χ4v) is 4.76. The number of carbonyl (C=O) groups excluding carboxylic acids is 1. The van der Waals surface area contributed by atoms with E-state index < -0.39 is 30.2 Å². The van der Waals surface area contributed by atoms with Crippen molar-refractivity contribution in [2.75, 3.05) is 12.0 Å². The Labute approximate surface area is 180 Å². The van der Waals surface area contributed by atoms with Crippen LogP contribution in [0, 0.1) is 5.92 Å². The molecule has 1 saturated carbocycles. The van der Waals surface area contributed by atoms with Gasteiger partial charge in [-0.05, 0) is 36.8 Å². The van der Waals surface area contributed by atoms with Gasteiger partial charge in [0.05, 0.1) is 31.2 Å². The van der Waals surface area contributed by atoms with Gasteiger partial charge < -0.3 is 30.5 Å². The summed E-state index contributed by atoms with van der Waals surface area (Å²) in [5, 5.41) is 27.5. The molecule has 0 aromatic heterocycles. The lowest BCUT2D eigenvalue weighted by atomic mass is 9.77. The van der Waals surface area contributed by atoms with Crippen LogP contribution < -0.4 is 20.3 Å². The predicted octanol–water partition coefficient (Wildman–Crippen LogP) is 1.18. The summed E-state index contributed by atoms with van der Waals surface area (Å²) in [7, 11) is 1.59. The number of hydrogen-bond acceptors (Lipinski definition) is 5. The Balaban J connectivity index is 1.59. The predicted molar refractivity (Wildman–Crippen MR) is 117 cm³/mol. The molecule has 1 amide bonds. The first-order valence-electron chi connectivity index (χ1n) is 9.91. The third-order valence-electron chi connectivity index (χ3n) is 5.86. The molecule has 2 aromatic carbocycles.